The molecule has 0 saturated carbocycles. The maximum absolute atomic E-state index is 11.2. The molecule has 94 valence electrons. The van der Waals surface area contributed by atoms with E-state index in [9.17, 15) is 4.79 Å². The highest BCUT2D eigenvalue weighted by Crippen LogP contribution is 2.11. The first-order chi connectivity index (χ1) is 8.70. The summed E-state index contributed by atoms with van der Waals surface area (Å²) >= 11 is 0. The second-order valence-corrected chi connectivity index (χ2v) is 3.56. The number of anilines is 2. The quantitative estimate of drug-likeness (QED) is 0.720. The molecule has 0 saturated heterocycles. The van der Waals surface area contributed by atoms with Gasteiger partial charge in [-0.1, -0.05) is 6.07 Å². The maximum Gasteiger partial charge on any atom is 0.276 e. The normalized spacial score (nSPS) is 10.1. The predicted octanol–water partition coefficient (Wildman–Crippen LogP) is 0.368. The lowest BCUT2D eigenvalue weighted by Gasteiger charge is -2.07. The van der Waals surface area contributed by atoms with Crippen LogP contribution in [0.1, 0.15) is 5.56 Å². The van der Waals surface area contributed by atoms with Crippen LogP contribution in [0.2, 0.25) is 0 Å². The molecular weight excluding hydrogens is 234 g/mol. The zero-order chi connectivity index (χ0) is 13.0. The third-order valence-electron chi connectivity index (χ3n) is 2.36. The maximum atomic E-state index is 11.2. The molecule has 2 aromatic heterocycles. The number of hydrogen-bond acceptors (Lipinski definition) is 6. The Kier molecular flexibility index (Phi) is 3.42. The van der Waals surface area contributed by atoms with Gasteiger partial charge in [0.2, 0.25) is 5.88 Å². The molecule has 7 heteroatoms. The lowest BCUT2D eigenvalue weighted by Crippen LogP contribution is -2.16. The second-order valence-electron chi connectivity index (χ2n) is 3.56. The molecule has 0 unspecified atom stereocenters. The lowest BCUT2D eigenvalue weighted by atomic mass is 10.3. The van der Waals surface area contributed by atoms with E-state index in [1.54, 1.807) is 19.4 Å². The van der Waals surface area contributed by atoms with E-state index in [0.717, 1.165) is 5.56 Å². The van der Waals surface area contributed by atoms with Crippen molar-refractivity contribution in [3.05, 3.63) is 40.6 Å². The van der Waals surface area contributed by atoms with Crippen molar-refractivity contribution < 1.29 is 4.74 Å². The summed E-state index contributed by atoms with van der Waals surface area (Å²) in [6.07, 6.45) is 2.97. The van der Waals surface area contributed by atoms with E-state index in [0.29, 0.717) is 18.2 Å². The third-order valence-corrected chi connectivity index (χ3v) is 2.36. The van der Waals surface area contributed by atoms with Gasteiger partial charge in [-0.25, -0.2) is 9.97 Å². The Hall–Kier alpha value is -2.57. The molecule has 4 N–H and O–H groups in total. The van der Waals surface area contributed by atoms with Gasteiger partial charge in [-0.05, 0) is 5.56 Å². The summed E-state index contributed by atoms with van der Waals surface area (Å²) < 4.78 is 4.96. The standard InChI is InChI=1S/C11H13N5O2/c1-18-8-3-2-7(4-13-8)5-14-10-9(12)11(17)16-6-15-10/h2-4,6H,5,12H2,1H3,(H2,14,15,16,17). The van der Waals surface area contributed by atoms with Crippen molar-refractivity contribution >= 4 is 11.5 Å². The Balaban J connectivity index is 2.06. The zero-order valence-corrected chi connectivity index (χ0v) is 9.80. The van der Waals surface area contributed by atoms with Crippen LogP contribution < -0.4 is 21.3 Å². The number of hydrogen-bond donors (Lipinski definition) is 3. The van der Waals surface area contributed by atoms with Crippen LogP contribution in [0.5, 0.6) is 5.88 Å². The summed E-state index contributed by atoms with van der Waals surface area (Å²) in [5.74, 6) is 0.905. The Morgan fingerprint density at radius 1 is 1.44 bits per heavy atom. The van der Waals surface area contributed by atoms with E-state index < -0.39 is 0 Å². The number of rotatable bonds is 4. The van der Waals surface area contributed by atoms with Gasteiger partial charge >= 0.3 is 0 Å². The summed E-state index contributed by atoms with van der Waals surface area (Å²) in [6.45, 7) is 0.470. The molecule has 0 radical (unpaired) electrons. The Morgan fingerprint density at radius 2 is 2.28 bits per heavy atom. The fourth-order valence-corrected chi connectivity index (χ4v) is 1.37. The third kappa shape index (κ3) is 2.57. The van der Waals surface area contributed by atoms with Crippen molar-refractivity contribution in [3.8, 4) is 5.88 Å². The smallest absolute Gasteiger partial charge is 0.276 e. The molecule has 7 nitrogen and oxygen atoms in total. The molecule has 2 aromatic rings. The molecule has 0 spiro atoms. The van der Waals surface area contributed by atoms with E-state index in [-0.39, 0.29) is 11.2 Å². The topological polar surface area (TPSA) is 106 Å². The van der Waals surface area contributed by atoms with Gasteiger partial charge in [0, 0.05) is 18.8 Å². The zero-order valence-electron chi connectivity index (χ0n) is 9.80. The number of nitrogens with two attached hydrogens (primary N) is 1. The minimum absolute atomic E-state index is 0.0685. The van der Waals surface area contributed by atoms with Crippen LogP contribution in [-0.2, 0) is 6.54 Å². The minimum atomic E-state index is -0.361. The van der Waals surface area contributed by atoms with E-state index in [1.807, 2.05) is 6.07 Å². The van der Waals surface area contributed by atoms with Crippen LogP contribution in [0.4, 0.5) is 11.5 Å². The van der Waals surface area contributed by atoms with Crippen LogP contribution in [0.25, 0.3) is 0 Å². The number of aromatic amines is 1. The number of pyridine rings is 1. The Bertz CT molecular complexity index is 579. The highest BCUT2D eigenvalue weighted by molar-refractivity contribution is 5.58. The number of nitrogens with zero attached hydrogens (tertiary/aromatic N) is 2. The Morgan fingerprint density at radius 3 is 2.94 bits per heavy atom. The number of aromatic nitrogens is 3. The van der Waals surface area contributed by atoms with Crippen LogP contribution in [0, 0.1) is 0 Å². The molecule has 0 aromatic carbocycles. The van der Waals surface area contributed by atoms with Crippen LogP contribution in [0.15, 0.2) is 29.5 Å². The van der Waals surface area contributed by atoms with Crippen LogP contribution in [0.3, 0.4) is 0 Å². The van der Waals surface area contributed by atoms with Gasteiger partial charge in [0.1, 0.15) is 5.69 Å². The van der Waals surface area contributed by atoms with Gasteiger partial charge in [0.25, 0.3) is 5.56 Å². The summed E-state index contributed by atoms with van der Waals surface area (Å²) in [6, 6.07) is 3.62. The number of nitrogen functional groups attached to an aromatic ring is 1. The average molecular weight is 247 g/mol. The number of H-pyrrole nitrogens is 1. The van der Waals surface area contributed by atoms with E-state index >= 15 is 0 Å². The summed E-state index contributed by atoms with van der Waals surface area (Å²) in [5, 5.41) is 2.97. The first-order valence-corrected chi connectivity index (χ1v) is 5.26. The molecule has 0 atom stereocenters. The first kappa shape index (κ1) is 11.9. The number of methoxy groups -OCH3 is 1. The number of nitrogens with one attached hydrogen (secondary N) is 2. The monoisotopic (exact) mass is 247 g/mol. The Labute approximate surface area is 103 Å². The summed E-state index contributed by atoms with van der Waals surface area (Å²) in [5.41, 5.74) is 6.22. The highest BCUT2D eigenvalue weighted by atomic mass is 16.5. The molecule has 18 heavy (non-hydrogen) atoms. The van der Waals surface area contributed by atoms with E-state index in [1.165, 1.54) is 6.33 Å². The molecular formula is C11H13N5O2. The molecule has 0 amide bonds. The van der Waals surface area contributed by atoms with Crippen LogP contribution in [-0.4, -0.2) is 22.1 Å². The molecule has 0 fully saturated rings. The fourth-order valence-electron chi connectivity index (χ4n) is 1.37. The predicted molar refractivity (Wildman–Crippen MR) is 67.4 cm³/mol. The van der Waals surface area contributed by atoms with E-state index in [4.69, 9.17) is 10.5 Å². The van der Waals surface area contributed by atoms with E-state index in [2.05, 4.69) is 20.3 Å². The van der Waals surface area contributed by atoms with Crippen LogP contribution >= 0.6 is 0 Å². The average Bonchev–Trinajstić information content (AvgIpc) is 2.41. The van der Waals surface area contributed by atoms with Gasteiger partial charge in [-0.3, -0.25) is 4.79 Å². The summed E-state index contributed by atoms with van der Waals surface area (Å²) in [7, 11) is 1.56. The van der Waals surface area contributed by atoms with Crippen molar-refractivity contribution in [2.45, 2.75) is 6.54 Å². The lowest BCUT2D eigenvalue weighted by molar-refractivity contribution is 0.397. The molecule has 2 heterocycles. The van der Waals surface area contributed by atoms with Crippen molar-refractivity contribution in [2.75, 3.05) is 18.2 Å². The van der Waals surface area contributed by atoms with Gasteiger partial charge in [0.15, 0.2) is 5.82 Å². The molecule has 0 aliphatic heterocycles. The largest absolute Gasteiger partial charge is 0.481 e. The van der Waals surface area contributed by atoms with Gasteiger partial charge in [-0.15, -0.1) is 0 Å². The van der Waals surface area contributed by atoms with Crippen molar-refractivity contribution in [1.29, 1.82) is 0 Å². The van der Waals surface area contributed by atoms with Gasteiger partial charge in [-0.2, -0.15) is 0 Å². The molecule has 0 aliphatic rings. The fraction of sp³-hybridized carbons (Fsp3) is 0.182. The minimum Gasteiger partial charge on any atom is -0.481 e. The SMILES string of the molecule is COc1ccc(CNc2nc[nH]c(=O)c2N)cn1. The molecule has 0 aliphatic carbocycles. The van der Waals surface area contributed by atoms with Crippen molar-refractivity contribution in [2.24, 2.45) is 0 Å². The van der Waals surface area contributed by atoms with Gasteiger partial charge in [0.05, 0.1) is 13.4 Å². The first-order valence-electron chi connectivity index (χ1n) is 5.26. The molecule has 0 bridgehead atoms. The van der Waals surface area contributed by atoms with Crippen molar-refractivity contribution in [1.82, 2.24) is 15.0 Å². The highest BCUT2D eigenvalue weighted by Gasteiger charge is 2.03. The second kappa shape index (κ2) is 5.17. The molecule has 2 rings (SSSR count). The van der Waals surface area contributed by atoms with Gasteiger partial charge < -0.3 is 20.8 Å². The number of ether oxygens (including phenoxy) is 1. The summed E-state index contributed by atoms with van der Waals surface area (Å²) in [4.78, 5) is 21.7. The van der Waals surface area contributed by atoms with Crippen molar-refractivity contribution in [3.63, 3.8) is 0 Å².